The zero-order valence-electron chi connectivity index (χ0n) is 32.4. The van der Waals surface area contributed by atoms with Crippen molar-refractivity contribution in [2.75, 3.05) is 49.2 Å². The summed E-state index contributed by atoms with van der Waals surface area (Å²) in [5.74, 6) is -1.03. The summed E-state index contributed by atoms with van der Waals surface area (Å²) in [4.78, 5) is 87.3. The highest BCUT2D eigenvalue weighted by Gasteiger charge is 2.45. The summed E-state index contributed by atoms with van der Waals surface area (Å²) in [7, 11) is 1.77. The van der Waals surface area contributed by atoms with Gasteiger partial charge in [0.25, 0.3) is 17.7 Å². The number of aromatic amines is 1. The lowest BCUT2D eigenvalue weighted by Gasteiger charge is -2.27. The molecule has 3 aliphatic rings. The number of likely N-dealkylation sites (tertiary alicyclic amines) is 1. The van der Waals surface area contributed by atoms with Gasteiger partial charge in [-0.15, -0.1) is 0 Å². The highest BCUT2D eigenvalue weighted by Crippen LogP contribution is 2.32. The lowest BCUT2D eigenvalue weighted by atomic mass is 10.0. The Labute approximate surface area is 335 Å². The van der Waals surface area contributed by atoms with Gasteiger partial charge < -0.3 is 31.7 Å². The van der Waals surface area contributed by atoms with E-state index in [1.54, 1.807) is 43.4 Å². The molecule has 6 amide bonds. The number of carbonyl (C=O) groups is 6. The van der Waals surface area contributed by atoms with E-state index in [0.717, 1.165) is 72.6 Å². The molecule has 0 aliphatic carbocycles. The Bertz CT molecular complexity index is 2270. The Morgan fingerprint density at radius 2 is 1.83 bits per heavy atom. The Balaban J connectivity index is 0.782. The molecule has 0 radical (unpaired) electrons. The lowest BCUT2D eigenvalue weighted by Crippen LogP contribution is -2.54. The first-order valence-corrected chi connectivity index (χ1v) is 19.8. The van der Waals surface area contributed by atoms with Gasteiger partial charge in [-0.25, -0.2) is 4.98 Å². The van der Waals surface area contributed by atoms with Gasteiger partial charge in [0, 0.05) is 73.9 Å². The second-order valence-corrected chi connectivity index (χ2v) is 15.0. The first-order valence-electron chi connectivity index (χ1n) is 19.8. The maximum atomic E-state index is 13.3. The fourth-order valence-corrected chi connectivity index (χ4v) is 7.95. The minimum Gasteiger partial charge on any atom is -0.388 e. The molecular formula is C42H48N10O6. The van der Waals surface area contributed by atoms with Crippen LogP contribution in [0.3, 0.4) is 0 Å². The van der Waals surface area contributed by atoms with Gasteiger partial charge in [0.1, 0.15) is 11.9 Å². The lowest BCUT2D eigenvalue weighted by molar-refractivity contribution is -0.136. The van der Waals surface area contributed by atoms with E-state index in [1.165, 1.54) is 6.21 Å². The molecule has 0 bridgehead atoms. The number of H-pyrrole nitrogens is 1. The van der Waals surface area contributed by atoms with Crippen LogP contribution in [-0.2, 0) is 20.9 Å². The number of hydrogen-bond acceptors (Lipinski definition) is 11. The van der Waals surface area contributed by atoms with Gasteiger partial charge in [-0.1, -0.05) is 12.5 Å². The molecule has 7 rings (SSSR count). The monoisotopic (exact) mass is 788 g/mol. The van der Waals surface area contributed by atoms with E-state index in [9.17, 15) is 28.8 Å². The van der Waals surface area contributed by atoms with E-state index in [4.69, 9.17) is 10.4 Å². The summed E-state index contributed by atoms with van der Waals surface area (Å²) in [5.41, 5.74) is 5.17. The van der Waals surface area contributed by atoms with Crippen LogP contribution in [0.5, 0.6) is 0 Å². The van der Waals surface area contributed by atoms with Crippen LogP contribution in [0.1, 0.15) is 93.8 Å². The van der Waals surface area contributed by atoms with Crippen LogP contribution in [0, 0.1) is 11.3 Å². The predicted molar refractivity (Wildman–Crippen MR) is 219 cm³/mol. The Morgan fingerprint density at radius 3 is 2.64 bits per heavy atom. The second-order valence-electron chi connectivity index (χ2n) is 15.0. The molecule has 2 fully saturated rings. The van der Waals surface area contributed by atoms with Crippen molar-refractivity contribution in [2.45, 2.75) is 64.0 Å². The standard InChI is InChI=1S/C42H48N10O6/c1-44-30-11-9-26(20-27(30)22-43)39(55)47-28-10-12-31-33(21-28)49-35(48-31)24-51-19-16-25(23-51)15-18-46-36(53)8-3-2-4-17-45-32-7-5-6-29-38(32)42(58)52(41(29)57)34-13-14-37(54)50-40(34)56/h5-7,9-12,20-22,25,34,43-45H,2-4,8,13-19,23-24H2,1H3,(H,46,53)(H,47,55)(H,48,49)(H,50,54,56). The highest BCUT2D eigenvalue weighted by molar-refractivity contribution is 6.25. The number of aromatic nitrogens is 2. The molecule has 7 N–H and O–H groups in total. The quantitative estimate of drug-likeness (QED) is 0.0458. The summed E-state index contributed by atoms with van der Waals surface area (Å²) in [5, 5.41) is 22.1. The highest BCUT2D eigenvalue weighted by atomic mass is 16.2. The number of imide groups is 2. The topological polar surface area (TPSA) is 222 Å². The number of fused-ring (bicyclic) bond motifs is 2. The predicted octanol–water partition coefficient (Wildman–Crippen LogP) is 4.26. The number of piperidine rings is 1. The smallest absolute Gasteiger partial charge is 0.264 e. The molecule has 16 nitrogen and oxygen atoms in total. The van der Waals surface area contributed by atoms with E-state index in [0.29, 0.717) is 54.5 Å². The fourth-order valence-electron chi connectivity index (χ4n) is 7.95. The number of nitrogens with one attached hydrogen (secondary N) is 7. The van der Waals surface area contributed by atoms with Crippen LogP contribution in [0.2, 0.25) is 0 Å². The number of amides is 6. The van der Waals surface area contributed by atoms with Gasteiger partial charge in [0.05, 0.1) is 28.7 Å². The Morgan fingerprint density at radius 1 is 0.966 bits per heavy atom. The van der Waals surface area contributed by atoms with E-state index in [2.05, 4.69) is 36.5 Å². The summed E-state index contributed by atoms with van der Waals surface area (Å²) in [6.07, 6.45) is 6.05. The number of nitrogens with zero attached hydrogens (tertiary/aromatic N) is 3. The van der Waals surface area contributed by atoms with Crippen LogP contribution in [0.15, 0.2) is 54.6 Å². The molecule has 1 aromatic heterocycles. The minimum atomic E-state index is -1.01. The SMILES string of the molecule is CNc1ccc(C(=O)Nc2ccc3nc(CN4CCC(CCNC(=O)CCCCCNc5cccc6c5C(=O)N(C5CCC(=O)NC5=O)C6=O)C4)[nH]c3c2)cc1C=N. The molecule has 2 unspecified atom stereocenters. The number of unbranched alkanes of at least 4 members (excludes halogenated alkanes) is 2. The summed E-state index contributed by atoms with van der Waals surface area (Å²) >= 11 is 0. The average molecular weight is 789 g/mol. The van der Waals surface area contributed by atoms with Gasteiger partial charge in [-0.05, 0) is 93.1 Å². The van der Waals surface area contributed by atoms with Gasteiger partial charge in [-0.3, -0.25) is 43.9 Å². The van der Waals surface area contributed by atoms with Crippen LogP contribution in [-0.4, -0.2) is 101 Å². The number of carbonyl (C=O) groups excluding carboxylic acids is 6. The number of imidazole rings is 1. The molecule has 2 saturated heterocycles. The first kappa shape index (κ1) is 39.8. The summed E-state index contributed by atoms with van der Waals surface area (Å²) in [6.45, 7) is 3.72. The number of rotatable bonds is 17. The molecule has 302 valence electrons. The van der Waals surface area contributed by atoms with Crippen molar-refractivity contribution in [3.63, 3.8) is 0 Å². The van der Waals surface area contributed by atoms with E-state index >= 15 is 0 Å². The molecular weight excluding hydrogens is 741 g/mol. The van der Waals surface area contributed by atoms with Crippen molar-refractivity contribution >= 4 is 69.8 Å². The normalized spacial score (nSPS) is 18.0. The molecule has 0 spiro atoms. The van der Waals surface area contributed by atoms with E-state index < -0.39 is 29.7 Å². The van der Waals surface area contributed by atoms with Crippen LogP contribution < -0.4 is 26.6 Å². The average Bonchev–Trinajstić information content (AvgIpc) is 3.91. The first-order chi connectivity index (χ1) is 28.1. The van der Waals surface area contributed by atoms with Crippen molar-refractivity contribution < 1.29 is 28.8 Å². The van der Waals surface area contributed by atoms with Gasteiger partial charge >= 0.3 is 0 Å². The van der Waals surface area contributed by atoms with Crippen molar-refractivity contribution in [1.29, 1.82) is 5.41 Å². The molecule has 4 heterocycles. The van der Waals surface area contributed by atoms with Gasteiger partial charge in [0.2, 0.25) is 17.7 Å². The number of hydrogen-bond donors (Lipinski definition) is 7. The second kappa shape index (κ2) is 17.8. The van der Waals surface area contributed by atoms with Gasteiger partial charge in [-0.2, -0.15) is 0 Å². The van der Waals surface area contributed by atoms with E-state index in [1.807, 2.05) is 18.2 Å². The Kier molecular flexibility index (Phi) is 12.2. The maximum Gasteiger partial charge on any atom is 0.264 e. The minimum absolute atomic E-state index is 0.0296. The van der Waals surface area contributed by atoms with Crippen LogP contribution in [0.25, 0.3) is 11.0 Å². The zero-order valence-corrected chi connectivity index (χ0v) is 32.4. The van der Waals surface area contributed by atoms with Crippen molar-refractivity contribution in [3.05, 3.63) is 82.7 Å². The third kappa shape index (κ3) is 8.91. The van der Waals surface area contributed by atoms with Crippen molar-refractivity contribution in [3.8, 4) is 0 Å². The molecule has 16 heteroatoms. The fraction of sp³-hybridized carbons (Fsp3) is 0.381. The van der Waals surface area contributed by atoms with Crippen LogP contribution in [0.4, 0.5) is 17.1 Å². The molecule has 3 aromatic carbocycles. The largest absolute Gasteiger partial charge is 0.388 e. The maximum absolute atomic E-state index is 13.3. The van der Waals surface area contributed by atoms with Crippen molar-refractivity contribution in [1.82, 2.24) is 30.4 Å². The van der Waals surface area contributed by atoms with Crippen LogP contribution >= 0.6 is 0 Å². The molecule has 2 atom stereocenters. The van der Waals surface area contributed by atoms with Crippen molar-refractivity contribution in [2.24, 2.45) is 5.92 Å². The molecule has 3 aliphatic heterocycles. The summed E-state index contributed by atoms with van der Waals surface area (Å²) in [6, 6.07) is 14.8. The number of anilines is 3. The van der Waals surface area contributed by atoms with E-state index in [-0.39, 0.29) is 35.8 Å². The zero-order chi connectivity index (χ0) is 40.8. The number of benzene rings is 3. The Hall–Kier alpha value is -6.42. The third-order valence-corrected chi connectivity index (χ3v) is 11.0. The summed E-state index contributed by atoms with van der Waals surface area (Å²) < 4.78 is 0. The molecule has 4 aromatic rings. The molecule has 0 saturated carbocycles. The molecule has 58 heavy (non-hydrogen) atoms. The third-order valence-electron chi connectivity index (χ3n) is 11.0. The van der Waals surface area contributed by atoms with Gasteiger partial charge in [0.15, 0.2) is 0 Å².